The summed E-state index contributed by atoms with van der Waals surface area (Å²) in [7, 11) is 0. The summed E-state index contributed by atoms with van der Waals surface area (Å²) in [5.74, 6) is 0.502. The van der Waals surface area contributed by atoms with Crippen LogP contribution in [0.5, 0.6) is 0 Å². The van der Waals surface area contributed by atoms with Crippen LogP contribution < -0.4 is 11.5 Å². The molecule has 10 heavy (non-hydrogen) atoms. The SMILES string of the molecule is CC1C(N)CC1(C)N.Cl.Cl. The zero-order chi connectivity index (χ0) is 6.36. The average molecular weight is 187 g/mol. The third-order valence-corrected chi connectivity index (χ3v) is 2.36. The lowest BCUT2D eigenvalue weighted by molar-refractivity contribution is 0.128. The second-order valence-corrected chi connectivity index (χ2v) is 3.16. The third-order valence-electron chi connectivity index (χ3n) is 2.36. The van der Waals surface area contributed by atoms with Gasteiger partial charge < -0.3 is 11.5 Å². The van der Waals surface area contributed by atoms with Crippen LogP contribution in [0.1, 0.15) is 20.3 Å². The summed E-state index contributed by atoms with van der Waals surface area (Å²) in [6, 6.07) is 0.352. The molecular weight excluding hydrogens is 171 g/mol. The Labute approximate surface area is 74.5 Å². The molecule has 0 aliphatic heterocycles. The smallest absolute Gasteiger partial charge is 0.0181 e. The summed E-state index contributed by atoms with van der Waals surface area (Å²) in [6.07, 6.45) is 0.980. The number of rotatable bonds is 0. The lowest BCUT2D eigenvalue weighted by atomic mass is 9.66. The van der Waals surface area contributed by atoms with Gasteiger partial charge in [-0.2, -0.15) is 0 Å². The molecule has 0 aromatic heterocycles. The molecule has 3 atom stereocenters. The van der Waals surface area contributed by atoms with Crippen LogP contribution in [-0.4, -0.2) is 11.6 Å². The first-order valence-corrected chi connectivity index (χ1v) is 3.08. The maximum Gasteiger partial charge on any atom is 0.0181 e. The van der Waals surface area contributed by atoms with Crippen molar-refractivity contribution >= 4 is 24.8 Å². The van der Waals surface area contributed by atoms with Crippen LogP contribution >= 0.6 is 24.8 Å². The van der Waals surface area contributed by atoms with Crippen molar-refractivity contribution in [3.8, 4) is 0 Å². The van der Waals surface area contributed by atoms with Crippen molar-refractivity contribution in [1.82, 2.24) is 0 Å². The fourth-order valence-corrected chi connectivity index (χ4v) is 1.20. The largest absolute Gasteiger partial charge is 0.327 e. The summed E-state index contributed by atoms with van der Waals surface area (Å²) >= 11 is 0. The summed E-state index contributed by atoms with van der Waals surface area (Å²) in [5, 5.41) is 0. The Morgan fingerprint density at radius 2 is 1.80 bits per heavy atom. The van der Waals surface area contributed by atoms with Gasteiger partial charge in [0.1, 0.15) is 0 Å². The van der Waals surface area contributed by atoms with Crippen molar-refractivity contribution in [3.63, 3.8) is 0 Å². The first-order valence-electron chi connectivity index (χ1n) is 3.08. The quantitative estimate of drug-likeness (QED) is 0.592. The minimum absolute atomic E-state index is 0. The van der Waals surface area contributed by atoms with Crippen molar-refractivity contribution in [3.05, 3.63) is 0 Å². The Balaban J connectivity index is 0. The Morgan fingerprint density at radius 3 is 1.80 bits per heavy atom. The van der Waals surface area contributed by atoms with Gasteiger partial charge in [-0.05, 0) is 19.3 Å². The van der Waals surface area contributed by atoms with Crippen LogP contribution in [0.15, 0.2) is 0 Å². The summed E-state index contributed by atoms with van der Waals surface area (Å²) < 4.78 is 0. The van der Waals surface area contributed by atoms with Crippen LogP contribution in [0.2, 0.25) is 0 Å². The number of halogens is 2. The van der Waals surface area contributed by atoms with Gasteiger partial charge in [0.05, 0.1) is 0 Å². The molecule has 1 rings (SSSR count). The Morgan fingerprint density at radius 1 is 1.40 bits per heavy atom. The van der Waals surface area contributed by atoms with Gasteiger partial charge >= 0.3 is 0 Å². The van der Waals surface area contributed by atoms with E-state index in [-0.39, 0.29) is 30.4 Å². The molecule has 1 aliphatic carbocycles. The van der Waals surface area contributed by atoms with Crippen molar-refractivity contribution in [2.24, 2.45) is 17.4 Å². The second-order valence-electron chi connectivity index (χ2n) is 3.16. The molecule has 4 heteroatoms. The van der Waals surface area contributed by atoms with Gasteiger partial charge in [-0.15, -0.1) is 24.8 Å². The van der Waals surface area contributed by atoms with E-state index in [1.807, 2.05) is 0 Å². The molecule has 4 N–H and O–H groups in total. The van der Waals surface area contributed by atoms with E-state index in [9.17, 15) is 0 Å². The third kappa shape index (κ3) is 1.99. The number of hydrogen-bond acceptors (Lipinski definition) is 2. The molecule has 0 saturated heterocycles. The van der Waals surface area contributed by atoms with E-state index in [1.54, 1.807) is 0 Å². The molecule has 3 unspecified atom stereocenters. The van der Waals surface area contributed by atoms with Gasteiger partial charge in [-0.25, -0.2) is 0 Å². The first-order chi connectivity index (χ1) is 3.54. The zero-order valence-corrected chi connectivity index (χ0v) is 7.97. The molecule has 2 nitrogen and oxygen atoms in total. The summed E-state index contributed by atoms with van der Waals surface area (Å²) in [4.78, 5) is 0. The average Bonchev–Trinajstić information content (AvgIpc) is 1.65. The Hall–Kier alpha value is 0.500. The van der Waals surface area contributed by atoms with Crippen LogP contribution in [0.25, 0.3) is 0 Å². The fourth-order valence-electron chi connectivity index (χ4n) is 1.20. The van der Waals surface area contributed by atoms with Crippen molar-refractivity contribution in [1.29, 1.82) is 0 Å². The Bertz CT molecular complexity index is 106. The van der Waals surface area contributed by atoms with Crippen LogP contribution in [0.3, 0.4) is 0 Å². The zero-order valence-electron chi connectivity index (χ0n) is 6.33. The molecule has 1 fully saturated rings. The minimum Gasteiger partial charge on any atom is -0.327 e. The highest BCUT2D eigenvalue weighted by atomic mass is 35.5. The predicted octanol–water partition coefficient (Wildman–Crippen LogP) is 0.914. The lowest BCUT2D eigenvalue weighted by Gasteiger charge is -2.47. The molecule has 0 radical (unpaired) electrons. The summed E-state index contributed by atoms with van der Waals surface area (Å²) in [6.45, 7) is 4.16. The molecule has 0 bridgehead atoms. The molecule has 0 aromatic rings. The molecule has 0 heterocycles. The van der Waals surface area contributed by atoms with Gasteiger partial charge in [0.15, 0.2) is 0 Å². The van der Waals surface area contributed by atoms with Gasteiger partial charge in [0, 0.05) is 11.6 Å². The monoisotopic (exact) mass is 186 g/mol. The van der Waals surface area contributed by atoms with E-state index in [2.05, 4.69) is 13.8 Å². The highest BCUT2D eigenvalue weighted by Crippen LogP contribution is 2.33. The predicted molar refractivity (Wildman–Crippen MR) is 48.8 cm³/mol. The van der Waals surface area contributed by atoms with Crippen molar-refractivity contribution < 1.29 is 0 Å². The molecular formula is C6H16Cl2N2. The van der Waals surface area contributed by atoms with Gasteiger partial charge in [-0.3, -0.25) is 0 Å². The van der Waals surface area contributed by atoms with Crippen LogP contribution in [0.4, 0.5) is 0 Å². The van der Waals surface area contributed by atoms with E-state index in [4.69, 9.17) is 11.5 Å². The maximum atomic E-state index is 5.78. The van der Waals surface area contributed by atoms with Crippen LogP contribution in [0, 0.1) is 5.92 Å². The topological polar surface area (TPSA) is 52.0 Å². The Kier molecular flexibility index (Phi) is 4.94. The van der Waals surface area contributed by atoms with E-state index in [0.29, 0.717) is 12.0 Å². The molecule has 1 saturated carbocycles. The molecule has 0 aromatic carbocycles. The number of hydrogen-bond donors (Lipinski definition) is 2. The van der Waals surface area contributed by atoms with Gasteiger partial charge in [-0.1, -0.05) is 6.92 Å². The molecule has 0 amide bonds. The van der Waals surface area contributed by atoms with Crippen molar-refractivity contribution in [2.45, 2.75) is 31.8 Å². The molecule has 0 spiro atoms. The minimum atomic E-state index is 0. The lowest BCUT2D eigenvalue weighted by Crippen LogP contribution is -2.63. The second kappa shape index (κ2) is 3.77. The molecule has 64 valence electrons. The van der Waals surface area contributed by atoms with E-state index >= 15 is 0 Å². The van der Waals surface area contributed by atoms with E-state index in [0.717, 1.165) is 6.42 Å². The molecule has 1 aliphatic rings. The van der Waals surface area contributed by atoms with E-state index < -0.39 is 0 Å². The van der Waals surface area contributed by atoms with E-state index in [1.165, 1.54) is 0 Å². The number of nitrogens with two attached hydrogens (primary N) is 2. The van der Waals surface area contributed by atoms with Gasteiger partial charge in [0.25, 0.3) is 0 Å². The van der Waals surface area contributed by atoms with Crippen LogP contribution in [-0.2, 0) is 0 Å². The highest BCUT2D eigenvalue weighted by Gasteiger charge is 2.42. The fraction of sp³-hybridized carbons (Fsp3) is 1.00. The normalized spacial score (nSPS) is 44.4. The maximum absolute atomic E-state index is 5.78. The summed E-state index contributed by atoms with van der Waals surface area (Å²) in [5.41, 5.74) is 11.4. The van der Waals surface area contributed by atoms with Crippen molar-refractivity contribution in [2.75, 3.05) is 0 Å². The highest BCUT2D eigenvalue weighted by molar-refractivity contribution is 5.85. The van der Waals surface area contributed by atoms with Gasteiger partial charge in [0.2, 0.25) is 0 Å². The first kappa shape index (κ1) is 13.1. The standard InChI is InChI=1S/C6H14N2.2ClH/c1-4-5(7)3-6(4,2)8;;/h4-5H,3,7-8H2,1-2H3;2*1H.